The largest absolute Gasteiger partial charge is 0.496 e. The molecule has 1 aromatic carbocycles. The van der Waals surface area contributed by atoms with Crippen molar-refractivity contribution >= 4 is 27.4 Å². The summed E-state index contributed by atoms with van der Waals surface area (Å²) < 4.78 is 11.1. The molecule has 0 aliphatic rings. The zero-order valence-electron chi connectivity index (χ0n) is 10.7. The number of nitrogens with zero attached hydrogens (tertiary/aromatic N) is 2. The molecule has 3 nitrogen and oxygen atoms in total. The number of ether oxygens (including phenoxy) is 1. The number of aromatic nitrogens is 1. The van der Waals surface area contributed by atoms with Crippen molar-refractivity contribution in [2.24, 2.45) is 5.92 Å². The van der Waals surface area contributed by atoms with Crippen LogP contribution in [0.2, 0.25) is 0 Å². The van der Waals surface area contributed by atoms with Gasteiger partial charge in [-0.2, -0.15) is 4.37 Å². The highest BCUT2D eigenvalue weighted by Gasteiger charge is 2.15. The lowest BCUT2D eigenvalue weighted by Gasteiger charge is -2.19. The number of hydrogen-bond acceptors (Lipinski definition) is 4. The molecular formula is C13H18N2OS. The topological polar surface area (TPSA) is 25.4 Å². The van der Waals surface area contributed by atoms with E-state index >= 15 is 0 Å². The Hall–Kier alpha value is -1.29. The second kappa shape index (κ2) is 4.92. The summed E-state index contributed by atoms with van der Waals surface area (Å²) in [5.41, 5.74) is 0. The van der Waals surface area contributed by atoms with Gasteiger partial charge in [-0.05, 0) is 29.6 Å². The van der Waals surface area contributed by atoms with Crippen LogP contribution in [-0.2, 0) is 0 Å². The van der Waals surface area contributed by atoms with Crippen molar-refractivity contribution in [3.63, 3.8) is 0 Å². The van der Waals surface area contributed by atoms with Gasteiger partial charge in [-0.3, -0.25) is 0 Å². The number of hydrogen-bond donors (Lipinski definition) is 0. The van der Waals surface area contributed by atoms with Crippen LogP contribution in [0.3, 0.4) is 0 Å². The average Bonchev–Trinajstić information content (AvgIpc) is 2.71. The monoisotopic (exact) mass is 250 g/mol. The summed E-state index contributed by atoms with van der Waals surface area (Å²) >= 11 is 1.53. The maximum absolute atomic E-state index is 5.42. The van der Waals surface area contributed by atoms with Gasteiger partial charge in [0.1, 0.15) is 5.75 Å². The average molecular weight is 250 g/mol. The Morgan fingerprint density at radius 2 is 2.18 bits per heavy atom. The number of benzene rings is 1. The van der Waals surface area contributed by atoms with Crippen LogP contribution < -0.4 is 9.64 Å². The van der Waals surface area contributed by atoms with E-state index in [2.05, 4.69) is 36.2 Å². The zero-order chi connectivity index (χ0) is 12.4. The molecule has 0 radical (unpaired) electrons. The van der Waals surface area contributed by atoms with E-state index in [9.17, 15) is 0 Å². The van der Waals surface area contributed by atoms with Crippen LogP contribution in [0.1, 0.15) is 13.8 Å². The second-order valence-electron chi connectivity index (χ2n) is 4.61. The minimum Gasteiger partial charge on any atom is -0.496 e. The molecule has 2 rings (SSSR count). The molecule has 0 saturated heterocycles. The minimum atomic E-state index is 0.617. The van der Waals surface area contributed by atoms with Gasteiger partial charge in [0.25, 0.3) is 0 Å². The summed E-state index contributed by atoms with van der Waals surface area (Å²) in [6.45, 7) is 5.42. The maximum Gasteiger partial charge on any atom is 0.153 e. The molecular weight excluding hydrogens is 232 g/mol. The molecule has 92 valence electrons. The SMILES string of the molecule is COc1cccc2snc(N(C)CC(C)C)c12. The van der Waals surface area contributed by atoms with Crippen molar-refractivity contribution in [3.8, 4) is 5.75 Å². The van der Waals surface area contributed by atoms with Gasteiger partial charge >= 0.3 is 0 Å². The van der Waals surface area contributed by atoms with Crippen LogP contribution in [0.25, 0.3) is 10.1 Å². The van der Waals surface area contributed by atoms with Crippen molar-refractivity contribution in [1.29, 1.82) is 0 Å². The molecule has 4 heteroatoms. The summed E-state index contributed by atoms with van der Waals surface area (Å²) in [4.78, 5) is 2.20. The third-order valence-electron chi connectivity index (χ3n) is 2.66. The first-order valence-corrected chi connectivity index (χ1v) is 6.54. The lowest BCUT2D eigenvalue weighted by Crippen LogP contribution is -2.22. The molecule has 0 amide bonds. The Labute approximate surface area is 106 Å². The van der Waals surface area contributed by atoms with Crippen molar-refractivity contribution in [1.82, 2.24) is 4.37 Å². The molecule has 0 atom stereocenters. The van der Waals surface area contributed by atoms with E-state index in [1.165, 1.54) is 16.2 Å². The van der Waals surface area contributed by atoms with Crippen LogP contribution in [-0.4, -0.2) is 25.1 Å². The molecule has 0 fully saturated rings. The molecule has 1 heterocycles. The molecule has 0 unspecified atom stereocenters. The Morgan fingerprint density at radius 3 is 2.82 bits per heavy atom. The summed E-state index contributed by atoms with van der Waals surface area (Å²) in [5.74, 6) is 2.55. The lowest BCUT2D eigenvalue weighted by molar-refractivity contribution is 0.420. The summed E-state index contributed by atoms with van der Waals surface area (Å²) in [6.07, 6.45) is 0. The second-order valence-corrected chi connectivity index (χ2v) is 5.42. The number of methoxy groups -OCH3 is 1. The van der Waals surface area contributed by atoms with E-state index < -0.39 is 0 Å². The molecule has 0 spiro atoms. The van der Waals surface area contributed by atoms with E-state index in [-0.39, 0.29) is 0 Å². The fourth-order valence-electron chi connectivity index (χ4n) is 2.01. The predicted molar refractivity (Wildman–Crippen MR) is 74.3 cm³/mol. The fourth-order valence-corrected chi connectivity index (χ4v) is 2.85. The molecule has 0 bridgehead atoms. The van der Waals surface area contributed by atoms with Crippen LogP contribution in [0, 0.1) is 5.92 Å². The van der Waals surface area contributed by atoms with Crippen LogP contribution in [0.4, 0.5) is 5.82 Å². The highest BCUT2D eigenvalue weighted by molar-refractivity contribution is 7.13. The highest BCUT2D eigenvalue weighted by Crippen LogP contribution is 2.36. The van der Waals surface area contributed by atoms with Gasteiger partial charge in [-0.1, -0.05) is 19.9 Å². The predicted octanol–water partition coefficient (Wildman–Crippen LogP) is 3.40. The third-order valence-corrected chi connectivity index (χ3v) is 3.46. The molecule has 2 aromatic rings. The summed E-state index contributed by atoms with van der Waals surface area (Å²) in [5, 5.41) is 1.13. The molecule has 0 aliphatic heterocycles. The van der Waals surface area contributed by atoms with E-state index in [0.29, 0.717) is 5.92 Å². The van der Waals surface area contributed by atoms with Gasteiger partial charge < -0.3 is 9.64 Å². The quantitative estimate of drug-likeness (QED) is 0.831. The smallest absolute Gasteiger partial charge is 0.153 e. The van der Waals surface area contributed by atoms with Crippen LogP contribution >= 0.6 is 11.5 Å². The van der Waals surface area contributed by atoms with E-state index in [1.807, 2.05) is 12.1 Å². The normalized spacial score (nSPS) is 11.1. The first-order chi connectivity index (χ1) is 8.13. The van der Waals surface area contributed by atoms with Crippen molar-refractivity contribution in [2.45, 2.75) is 13.8 Å². The minimum absolute atomic E-state index is 0.617. The number of anilines is 1. The van der Waals surface area contributed by atoms with Gasteiger partial charge in [0.2, 0.25) is 0 Å². The first-order valence-electron chi connectivity index (χ1n) is 5.77. The zero-order valence-corrected chi connectivity index (χ0v) is 11.5. The van der Waals surface area contributed by atoms with Gasteiger partial charge in [-0.25, -0.2) is 0 Å². The summed E-state index contributed by atoms with van der Waals surface area (Å²) in [7, 11) is 3.79. The molecule has 1 aromatic heterocycles. The third kappa shape index (κ3) is 2.36. The van der Waals surface area contributed by atoms with Crippen LogP contribution in [0.15, 0.2) is 18.2 Å². The Morgan fingerprint density at radius 1 is 1.41 bits per heavy atom. The molecule has 17 heavy (non-hydrogen) atoms. The van der Waals surface area contributed by atoms with Gasteiger partial charge in [0.15, 0.2) is 5.82 Å². The highest BCUT2D eigenvalue weighted by atomic mass is 32.1. The van der Waals surface area contributed by atoms with Gasteiger partial charge in [0.05, 0.1) is 17.2 Å². The Balaban J connectivity index is 2.47. The van der Waals surface area contributed by atoms with E-state index in [4.69, 9.17) is 4.74 Å². The van der Waals surface area contributed by atoms with E-state index in [1.54, 1.807) is 7.11 Å². The van der Waals surface area contributed by atoms with Crippen LogP contribution in [0.5, 0.6) is 5.75 Å². The van der Waals surface area contributed by atoms with E-state index in [0.717, 1.165) is 23.5 Å². The molecule has 0 N–H and O–H groups in total. The maximum atomic E-state index is 5.42. The number of rotatable bonds is 4. The number of fused-ring (bicyclic) bond motifs is 1. The van der Waals surface area contributed by atoms with Gasteiger partial charge in [-0.15, -0.1) is 0 Å². The van der Waals surface area contributed by atoms with Gasteiger partial charge in [0, 0.05) is 13.6 Å². The first kappa shape index (κ1) is 12.2. The van der Waals surface area contributed by atoms with Crippen molar-refractivity contribution in [3.05, 3.63) is 18.2 Å². The molecule has 0 aliphatic carbocycles. The Kier molecular flexibility index (Phi) is 3.52. The summed E-state index contributed by atoms with van der Waals surface area (Å²) in [6, 6.07) is 6.08. The Bertz CT molecular complexity index is 507. The van der Waals surface area contributed by atoms with Crippen molar-refractivity contribution in [2.75, 3.05) is 25.6 Å². The fraction of sp³-hybridized carbons (Fsp3) is 0.462. The lowest BCUT2D eigenvalue weighted by atomic mass is 10.2. The molecule has 0 saturated carbocycles. The standard InChI is InChI=1S/C13H18N2OS/c1-9(2)8-15(3)13-12-10(16-4)6-5-7-11(12)17-14-13/h5-7,9H,8H2,1-4H3. The van der Waals surface area contributed by atoms with Crippen molar-refractivity contribution < 1.29 is 4.74 Å².